The SMILES string of the molecule is Fc1ccc(-c2ccc3sc4c(-c5nc6cccc(F)c6n5-c5cc(-c6ccccc6)ccc5-c5ccccc5)[c-]ccc4c3c2)cc1.[2H]C(C)(C)c1cc(-c2[c-]cccc2)nc[c]1[Ge]([CH3])([CH3])[CH3].[Ir]. The smallest absolute Gasteiger partial charge is 0 e. The van der Waals surface area contributed by atoms with E-state index >= 15 is 4.39 Å². The molecule has 337 valence electrons. The Kier molecular flexibility index (Phi) is 13.2. The van der Waals surface area contributed by atoms with Crippen LogP contribution >= 0.6 is 11.3 Å². The maximum atomic E-state index is 16.0. The van der Waals surface area contributed by atoms with Crippen molar-refractivity contribution in [3.63, 3.8) is 0 Å². The molecule has 3 nitrogen and oxygen atoms in total. The summed E-state index contributed by atoms with van der Waals surface area (Å²) >= 11 is -0.356. The van der Waals surface area contributed by atoms with E-state index in [9.17, 15) is 4.39 Å². The number of nitrogens with zero attached hydrogens (tertiary/aromatic N) is 3. The van der Waals surface area contributed by atoms with E-state index in [4.69, 9.17) is 6.35 Å². The quantitative estimate of drug-likeness (QED) is 0.112. The number of hydrogen-bond acceptors (Lipinski definition) is 3. The first-order valence-electron chi connectivity index (χ1n) is 22.9. The molecule has 0 aliphatic carbocycles. The van der Waals surface area contributed by atoms with Gasteiger partial charge in [0.2, 0.25) is 0 Å². The summed E-state index contributed by atoms with van der Waals surface area (Å²) in [7, 11) is 0. The Morgan fingerprint density at radius 1 is 0.647 bits per heavy atom. The summed E-state index contributed by atoms with van der Waals surface area (Å²) in [5, 5.41) is 2.16. The second kappa shape index (κ2) is 19.7. The minimum Gasteiger partial charge on any atom is 0 e. The molecule has 3 heterocycles. The van der Waals surface area contributed by atoms with Crippen LogP contribution in [0.2, 0.25) is 17.3 Å². The fourth-order valence-corrected chi connectivity index (χ4v) is 13.3. The van der Waals surface area contributed by atoms with Crippen LogP contribution in [0, 0.1) is 23.8 Å². The van der Waals surface area contributed by atoms with Crippen molar-refractivity contribution in [3.8, 4) is 61.7 Å². The van der Waals surface area contributed by atoms with Gasteiger partial charge in [-0.1, -0.05) is 108 Å². The Morgan fingerprint density at radius 3 is 2.03 bits per heavy atom. The van der Waals surface area contributed by atoms with Gasteiger partial charge in [0.1, 0.15) is 11.6 Å². The van der Waals surface area contributed by atoms with Crippen LogP contribution in [0.4, 0.5) is 8.78 Å². The molecule has 0 saturated carbocycles. The summed E-state index contributed by atoms with van der Waals surface area (Å²) in [6.45, 7) is 3.91. The van der Waals surface area contributed by atoms with E-state index in [1.807, 2.05) is 97.4 Å². The first-order chi connectivity index (χ1) is 32.8. The monoisotopic (exact) mass is 1150 g/mol. The van der Waals surface area contributed by atoms with Gasteiger partial charge in [0.15, 0.2) is 0 Å². The van der Waals surface area contributed by atoms with Gasteiger partial charge < -0.3 is 4.57 Å². The third kappa shape index (κ3) is 9.29. The average Bonchev–Trinajstić information content (AvgIpc) is 3.94. The van der Waals surface area contributed by atoms with Gasteiger partial charge in [0.25, 0.3) is 0 Å². The van der Waals surface area contributed by atoms with Crippen LogP contribution in [-0.2, 0) is 20.1 Å². The van der Waals surface area contributed by atoms with Crippen molar-refractivity contribution in [2.45, 2.75) is 37.0 Å². The molecule has 8 heteroatoms. The van der Waals surface area contributed by atoms with Crippen molar-refractivity contribution in [2.75, 3.05) is 0 Å². The van der Waals surface area contributed by atoms with Crippen LogP contribution in [-0.4, -0.2) is 27.8 Å². The van der Waals surface area contributed by atoms with Crippen LogP contribution < -0.4 is 4.40 Å². The van der Waals surface area contributed by atoms with E-state index in [0.717, 1.165) is 81.6 Å². The van der Waals surface area contributed by atoms with Crippen LogP contribution in [0.25, 0.3) is 92.9 Å². The Bertz CT molecular complexity index is 3600. The minimum atomic E-state index is -2.03. The summed E-state index contributed by atoms with van der Waals surface area (Å²) in [6, 6.07) is 65.4. The maximum absolute atomic E-state index is 16.0. The van der Waals surface area contributed by atoms with Crippen molar-refractivity contribution < 1.29 is 30.3 Å². The molecule has 8 aromatic carbocycles. The molecule has 0 aliphatic rings. The molecule has 68 heavy (non-hydrogen) atoms. The first kappa shape index (κ1) is 45.4. The average molecular weight is 1150 g/mol. The number of fused-ring (bicyclic) bond motifs is 4. The number of aromatic nitrogens is 3. The van der Waals surface area contributed by atoms with Gasteiger partial charge in [0.05, 0.1) is 16.9 Å². The van der Waals surface area contributed by atoms with E-state index in [1.54, 1.807) is 29.5 Å². The molecule has 0 amide bonds. The number of rotatable bonds is 8. The fraction of sp³-hybridized carbons (Fsp3) is 0.100. The molecule has 11 aromatic rings. The number of benzene rings is 8. The van der Waals surface area contributed by atoms with Crippen molar-refractivity contribution in [3.05, 3.63) is 218 Å². The Labute approximate surface area is 418 Å². The van der Waals surface area contributed by atoms with Crippen molar-refractivity contribution >= 4 is 60.2 Å². The Morgan fingerprint density at radius 2 is 1.32 bits per heavy atom. The van der Waals surface area contributed by atoms with Gasteiger partial charge in [-0.15, -0.1) is 18.2 Å². The van der Waals surface area contributed by atoms with Crippen molar-refractivity contribution in [1.82, 2.24) is 14.5 Å². The largest absolute Gasteiger partial charge is 0 e. The van der Waals surface area contributed by atoms with E-state index in [0.29, 0.717) is 16.9 Å². The number of hydrogen-bond donors (Lipinski definition) is 0. The second-order valence-corrected chi connectivity index (χ2v) is 29.5. The molecule has 11 rings (SSSR count). The number of imidazole rings is 1. The van der Waals surface area contributed by atoms with E-state index in [1.165, 1.54) is 22.6 Å². The summed E-state index contributed by atoms with van der Waals surface area (Å²) in [5.74, 6) is 6.46. The van der Waals surface area contributed by atoms with Gasteiger partial charge in [-0.2, -0.15) is 11.3 Å². The molecule has 0 unspecified atom stereocenters. The molecule has 3 aromatic heterocycles. The summed E-state index contributed by atoms with van der Waals surface area (Å²) in [4.78, 5) is 9.74. The van der Waals surface area contributed by atoms with E-state index in [2.05, 4.69) is 107 Å². The molecule has 0 saturated heterocycles. The van der Waals surface area contributed by atoms with E-state index in [-0.39, 0.29) is 31.7 Å². The molecule has 0 fully saturated rings. The third-order valence-electron chi connectivity index (χ3n) is 12.1. The molecule has 1 radical (unpaired) electrons. The van der Waals surface area contributed by atoms with Crippen LogP contribution in [0.15, 0.2) is 188 Å². The molecule has 0 atom stereocenters. The van der Waals surface area contributed by atoms with Gasteiger partial charge in [-0.3, -0.25) is 4.98 Å². The van der Waals surface area contributed by atoms with Gasteiger partial charge in [0, 0.05) is 36.1 Å². The standard InChI is InChI=1S/C43H25F2N2S.C17H22GeN.Ir/c44-32-21-17-28(18-22-32)30-20-24-40-36(25-30)34-13-7-14-35(42(34)48-40)43-46-38-16-8-15-37(45)41(38)47(43)39-26-31(27-9-3-1-4-10-27)19-23-33(39)29-11-5-2-6-12-29;1-13(2)15-11-17(14-9-7-6-8-10-14)19-12-16(15)18(3,4)5;/h1-13,15-26H;6-9,11-13H,1-5H3;/q2*-1;/i;13D;. The molecular weight excluding hydrogens is 1100 g/mol. The van der Waals surface area contributed by atoms with Crippen LogP contribution in [0.5, 0.6) is 0 Å². The number of pyridine rings is 1. The summed E-state index contributed by atoms with van der Waals surface area (Å²) in [6.07, 6.45) is 2.00. The Hall–Kier alpha value is -6.35. The number of halogens is 2. The zero-order valence-corrected chi connectivity index (χ0v) is 43.5. The van der Waals surface area contributed by atoms with Gasteiger partial charge in [-0.25, -0.2) is 8.78 Å². The van der Waals surface area contributed by atoms with Gasteiger partial charge >= 0.3 is 120 Å². The summed E-state index contributed by atoms with van der Waals surface area (Å²) in [5.41, 5.74) is 11.7. The fourth-order valence-electron chi connectivity index (χ4n) is 8.77. The summed E-state index contributed by atoms with van der Waals surface area (Å²) < 4.78 is 43.6. The molecule has 0 spiro atoms. The predicted molar refractivity (Wildman–Crippen MR) is 280 cm³/mol. The maximum Gasteiger partial charge on any atom is 0 e. The van der Waals surface area contributed by atoms with Crippen molar-refractivity contribution in [2.24, 2.45) is 0 Å². The molecular formula is C60H47F2GeIrN3S-2. The number of para-hydroxylation sites is 1. The zero-order chi connectivity index (χ0) is 47.2. The topological polar surface area (TPSA) is 30.7 Å². The molecule has 0 N–H and O–H groups in total. The van der Waals surface area contributed by atoms with Gasteiger partial charge in [-0.05, 0) is 80.4 Å². The number of thiophene rings is 1. The first-order valence-corrected chi connectivity index (χ1v) is 30.5. The van der Waals surface area contributed by atoms with Crippen LogP contribution in [0.3, 0.4) is 0 Å². The van der Waals surface area contributed by atoms with Crippen molar-refractivity contribution in [1.29, 1.82) is 0 Å². The van der Waals surface area contributed by atoms with E-state index < -0.39 is 19.2 Å². The minimum absolute atomic E-state index is 0. The predicted octanol–water partition coefficient (Wildman–Crippen LogP) is 16.4. The zero-order valence-electron chi connectivity index (χ0n) is 39.2. The van der Waals surface area contributed by atoms with Crippen LogP contribution in [0.1, 0.15) is 26.7 Å². The molecule has 0 aliphatic heterocycles. The normalized spacial score (nSPS) is 11.8. The third-order valence-corrected chi connectivity index (χ3v) is 17.6. The Balaban J connectivity index is 0.000000238. The second-order valence-electron chi connectivity index (χ2n) is 17.9. The molecule has 0 bridgehead atoms.